The predicted octanol–water partition coefficient (Wildman–Crippen LogP) is 2.69. The van der Waals surface area contributed by atoms with Gasteiger partial charge < -0.3 is 0 Å². The van der Waals surface area contributed by atoms with Crippen molar-refractivity contribution in [1.82, 2.24) is 17.9 Å². The first-order chi connectivity index (χ1) is 11.2. The molecule has 0 spiro atoms. The maximum atomic E-state index is 11.5. The van der Waals surface area contributed by atoms with Gasteiger partial charge in [0.25, 0.3) is 0 Å². The van der Waals surface area contributed by atoms with Crippen LogP contribution < -0.4 is 0 Å². The fourth-order valence-electron chi connectivity index (χ4n) is 2.24. The first-order valence-electron chi connectivity index (χ1n) is 6.51. The number of benzene rings is 2. The normalized spacial score (nSPS) is 11.1. The van der Waals surface area contributed by atoms with E-state index >= 15 is 0 Å². The molecule has 23 heavy (non-hydrogen) atoms. The summed E-state index contributed by atoms with van der Waals surface area (Å²) in [6.07, 6.45) is 1.46. The molecule has 0 atom stereocenters. The molecule has 0 saturated carbocycles. The van der Waals surface area contributed by atoms with Crippen molar-refractivity contribution in [2.45, 2.75) is 9.92 Å². The SMILES string of the molecule is O=[N+]([O-])c1c(Sc2ncnc3ccccc23)ccc2n[se]nc12. The number of nitro groups is 1. The molecule has 7 nitrogen and oxygen atoms in total. The van der Waals surface area contributed by atoms with E-state index in [9.17, 15) is 10.1 Å². The summed E-state index contributed by atoms with van der Waals surface area (Å²) in [7, 11) is 0. The van der Waals surface area contributed by atoms with Crippen LogP contribution in [0.5, 0.6) is 0 Å². The Balaban J connectivity index is 1.89. The van der Waals surface area contributed by atoms with E-state index in [2.05, 4.69) is 17.9 Å². The summed E-state index contributed by atoms with van der Waals surface area (Å²) in [5, 5.41) is 13.0. The molecule has 0 fully saturated rings. The standard InChI is InChI=1S/C14H7N5O2SSe/c20-19(21)13-11(6-5-10-12(13)18-23-17-10)22-14-8-3-1-2-4-9(8)15-7-16-14/h1-7H. The molecule has 0 radical (unpaired) electrons. The van der Waals surface area contributed by atoms with Crippen molar-refractivity contribution >= 4 is 54.3 Å². The molecule has 2 heterocycles. The molecule has 0 aliphatic heterocycles. The van der Waals surface area contributed by atoms with Gasteiger partial charge in [0.05, 0.1) is 0 Å². The van der Waals surface area contributed by atoms with E-state index in [-0.39, 0.29) is 20.6 Å². The van der Waals surface area contributed by atoms with Gasteiger partial charge in [0.15, 0.2) is 0 Å². The van der Waals surface area contributed by atoms with Crippen molar-refractivity contribution in [2.24, 2.45) is 0 Å². The van der Waals surface area contributed by atoms with Crippen LogP contribution in [0.15, 0.2) is 52.6 Å². The van der Waals surface area contributed by atoms with Gasteiger partial charge in [0, 0.05) is 0 Å². The van der Waals surface area contributed by atoms with E-state index in [1.54, 1.807) is 12.1 Å². The number of aromatic nitrogens is 4. The molecule has 0 N–H and O–H groups in total. The van der Waals surface area contributed by atoms with Crippen molar-refractivity contribution in [3.8, 4) is 0 Å². The minimum atomic E-state index is -0.398. The molecule has 0 unspecified atom stereocenters. The van der Waals surface area contributed by atoms with Crippen molar-refractivity contribution < 1.29 is 4.92 Å². The predicted molar refractivity (Wildman–Crippen MR) is 86.8 cm³/mol. The van der Waals surface area contributed by atoms with Gasteiger partial charge in [-0.15, -0.1) is 0 Å². The molecule has 0 amide bonds. The number of nitrogens with zero attached hydrogens (tertiary/aromatic N) is 5. The molecule has 0 aliphatic rings. The number of hydrogen-bond donors (Lipinski definition) is 0. The summed E-state index contributed by atoms with van der Waals surface area (Å²) in [4.78, 5) is 20.1. The first-order valence-corrected chi connectivity index (χ1v) is 8.86. The Morgan fingerprint density at radius 3 is 2.78 bits per heavy atom. The van der Waals surface area contributed by atoms with Gasteiger partial charge >= 0.3 is 140 Å². The van der Waals surface area contributed by atoms with E-state index in [0.29, 0.717) is 21.0 Å². The molecule has 9 heteroatoms. The minimum absolute atomic E-state index is 0.00156. The van der Waals surface area contributed by atoms with E-state index in [1.807, 2.05) is 24.3 Å². The van der Waals surface area contributed by atoms with Gasteiger partial charge in [-0.05, 0) is 0 Å². The zero-order valence-corrected chi connectivity index (χ0v) is 13.9. The first kappa shape index (κ1) is 14.3. The summed E-state index contributed by atoms with van der Waals surface area (Å²) in [5.74, 6) is 0. The Labute approximate surface area is 140 Å². The average Bonchev–Trinajstić information content (AvgIpc) is 3.03. The summed E-state index contributed by atoms with van der Waals surface area (Å²) in [6.45, 7) is 0. The van der Waals surface area contributed by atoms with Crippen molar-refractivity contribution in [2.75, 3.05) is 0 Å². The van der Waals surface area contributed by atoms with Crippen LogP contribution in [0.3, 0.4) is 0 Å². The molecule has 0 aliphatic carbocycles. The molecule has 4 rings (SSSR count). The summed E-state index contributed by atoms with van der Waals surface area (Å²) in [6, 6.07) is 11.0. The van der Waals surface area contributed by atoms with Crippen LogP contribution >= 0.6 is 11.8 Å². The molecule has 0 saturated heterocycles. The Morgan fingerprint density at radius 1 is 1.04 bits per heavy atom. The zero-order valence-electron chi connectivity index (χ0n) is 11.4. The number of fused-ring (bicyclic) bond motifs is 2. The van der Waals surface area contributed by atoms with Crippen LogP contribution in [0.1, 0.15) is 0 Å². The van der Waals surface area contributed by atoms with Crippen LogP contribution in [-0.2, 0) is 0 Å². The summed E-state index contributed by atoms with van der Waals surface area (Å²) < 4.78 is 8.39. The monoisotopic (exact) mass is 389 g/mol. The number of hydrogen-bond acceptors (Lipinski definition) is 7. The molecule has 4 aromatic rings. The van der Waals surface area contributed by atoms with Crippen LogP contribution in [0.4, 0.5) is 5.69 Å². The third-order valence-electron chi connectivity index (χ3n) is 3.26. The van der Waals surface area contributed by atoms with Gasteiger partial charge in [-0.25, -0.2) is 0 Å². The number of rotatable bonds is 3. The van der Waals surface area contributed by atoms with Crippen molar-refractivity contribution in [1.29, 1.82) is 0 Å². The van der Waals surface area contributed by atoms with E-state index < -0.39 is 4.92 Å². The molecule has 112 valence electrons. The Morgan fingerprint density at radius 2 is 1.91 bits per heavy atom. The molecule has 2 aromatic carbocycles. The molecule has 2 aromatic heterocycles. The van der Waals surface area contributed by atoms with Gasteiger partial charge in [-0.3, -0.25) is 0 Å². The Bertz CT molecular complexity index is 1050. The van der Waals surface area contributed by atoms with Gasteiger partial charge in [0.2, 0.25) is 0 Å². The van der Waals surface area contributed by atoms with E-state index in [4.69, 9.17) is 0 Å². The Hall–Kier alpha value is -2.35. The van der Waals surface area contributed by atoms with Crippen molar-refractivity contribution in [3.63, 3.8) is 0 Å². The fraction of sp³-hybridized carbons (Fsp3) is 0. The van der Waals surface area contributed by atoms with Crippen molar-refractivity contribution in [3.05, 3.63) is 52.8 Å². The summed E-state index contributed by atoms with van der Waals surface area (Å²) >= 11 is 0.943. The van der Waals surface area contributed by atoms with E-state index in [1.165, 1.54) is 18.1 Å². The second kappa shape index (κ2) is 5.69. The molecular formula is C14H7N5O2SSe. The third kappa shape index (κ3) is 2.48. The topological polar surface area (TPSA) is 94.7 Å². The second-order valence-electron chi connectivity index (χ2n) is 4.60. The number of para-hydroxylation sites is 1. The van der Waals surface area contributed by atoms with Crippen LogP contribution in [0.2, 0.25) is 0 Å². The van der Waals surface area contributed by atoms with Gasteiger partial charge in [-0.2, -0.15) is 0 Å². The average molecular weight is 388 g/mol. The zero-order chi connectivity index (χ0) is 15.8. The second-order valence-corrected chi connectivity index (χ2v) is 6.74. The Kier molecular flexibility index (Phi) is 3.53. The summed E-state index contributed by atoms with van der Waals surface area (Å²) in [5.41, 5.74) is 1.77. The van der Waals surface area contributed by atoms with Gasteiger partial charge in [0.1, 0.15) is 0 Å². The quantitative estimate of drug-likeness (QED) is 0.230. The van der Waals surface area contributed by atoms with Gasteiger partial charge in [-0.1, -0.05) is 0 Å². The fourth-order valence-corrected chi connectivity index (χ4v) is 4.37. The number of nitro benzene ring substituents is 1. The van der Waals surface area contributed by atoms with Crippen LogP contribution in [0, 0.1) is 10.1 Å². The molecular weight excluding hydrogens is 381 g/mol. The maximum absolute atomic E-state index is 11.5. The third-order valence-corrected chi connectivity index (χ3v) is 5.47. The van der Waals surface area contributed by atoms with Crippen LogP contribution in [0.25, 0.3) is 21.9 Å². The molecule has 0 bridgehead atoms. The van der Waals surface area contributed by atoms with E-state index in [0.717, 1.165) is 10.9 Å². The van der Waals surface area contributed by atoms with Crippen LogP contribution in [-0.4, -0.2) is 37.8 Å².